The van der Waals surface area contributed by atoms with E-state index in [4.69, 9.17) is 25.4 Å². The van der Waals surface area contributed by atoms with E-state index in [1.165, 1.54) is 4.88 Å². The summed E-state index contributed by atoms with van der Waals surface area (Å²) in [5.74, 6) is 2.09. The largest absolute Gasteiger partial charge is 0.494 e. The van der Waals surface area contributed by atoms with E-state index in [9.17, 15) is 0 Å². The quantitative estimate of drug-likeness (QED) is 0.0712. The van der Waals surface area contributed by atoms with Crippen LogP contribution < -0.4 is 15.2 Å². The number of amidine groups is 1. The Morgan fingerprint density at radius 3 is 2.14 bits per heavy atom. The molecule has 8 heteroatoms. The molecule has 0 aliphatic heterocycles. The second kappa shape index (κ2) is 12.9. The molecule has 2 aromatic heterocycles. The van der Waals surface area contributed by atoms with E-state index in [1.807, 2.05) is 42.6 Å². The molecule has 0 bridgehead atoms. The molecule has 2 aromatic carbocycles. The van der Waals surface area contributed by atoms with Gasteiger partial charge in [-0.15, -0.1) is 11.3 Å². The van der Waals surface area contributed by atoms with Gasteiger partial charge in [-0.1, -0.05) is 19.0 Å². The zero-order valence-corrected chi connectivity index (χ0v) is 21.9. The Morgan fingerprint density at radius 1 is 0.919 bits per heavy atom. The highest BCUT2D eigenvalue weighted by atomic mass is 32.1. The maximum atomic E-state index is 8.72. The second-order valence-electron chi connectivity index (χ2n) is 8.92. The number of hydrogen-bond donors (Lipinski definition) is 2. The SMILES string of the molecule is CC(C)c1sc(-c2cccnc2)nc1-c1ccc(OCCCCCOc2ccc(/C(N)=N/O)cc2)cc1. The number of thiazole rings is 1. The van der Waals surface area contributed by atoms with Crippen LogP contribution in [0.15, 0.2) is 78.2 Å². The monoisotopic (exact) mass is 516 g/mol. The summed E-state index contributed by atoms with van der Waals surface area (Å²) in [6.07, 6.45) is 6.53. The summed E-state index contributed by atoms with van der Waals surface area (Å²) in [5, 5.41) is 12.7. The smallest absolute Gasteiger partial charge is 0.170 e. The number of hydrogen-bond acceptors (Lipinski definition) is 7. The van der Waals surface area contributed by atoms with E-state index in [-0.39, 0.29) is 5.84 Å². The van der Waals surface area contributed by atoms with E-state index in [0.29, 0.717) is 24.7 Å². The Labute approximate surface area is 221 Å². The van der Waals surface area contributed by atoms with Crippen LogP contribution in [-0.2, 0) is 0 Å². The second-order valence-corrected chi connectivity index (χ2v) is 9.95. The lowest BCUT2D eigenvalue weighted by Crippen LogP contribution is -2.12. The first-order chi connectivity index (χ1) is 18.0. The number of ether oxygens (including phenoxy) is 2. The first kappa shape index (κ1) is 26.2. The summed E-state index contributed by atoms with van der Waals surface area (Å²) < 4.78 is 11.7. The number of nitrogens with zero attached hydrogens (tertiary/aromatic N) is 3. The van der Waals surface area contributed by atoms with Crippen molar-refractivity contribution in [3.63, 3.8) is 0 Å². The Hall–Kier alpha value is -3.91. The lowest BCUT2D eigenvalue weighted by molar-refractivity contribution is 0.279. The highest BCUT2D eigenvalue weighted by Crippen LogP contribution is 2.38. The minimum absolute atomic E-state index is 0.0830. The predicted octanol–water partition coefficient (Wildman–Crippen LogP) is 6.72. The minimum Gasteiger partial charge on any atom is -0.494 e. The molecule has 0 unspecified atom stereocenters. The molecular weight excluding hydrogens is 484 g/mol. The molecule has 192 valence electrons. The van der Waals surface area contributed by atoms with Crippen molar-refractivity contribution in [3.05, 3.63) is 83.5 Å². The number of rotatable bonds is 12. The average Bonchev–Trinajstić information content (AvgIpc) is 3.39. The van der Waals surface area contributed by atoms with Gasteiger partial charge in [-0.25, -0.2) is 4.98 Å². The van der Waals surface area contributed by atoms with Gasteiger partial charge in [-0.2, -0.15) is 0 Å². The predicted molar refractivity (Wildman–Crippen MR) is 149 cm³/mol. The standard InChI is InChI=1S/C29H32N4O3S/c1-20(2)27-26(32-29(37-27)23-7-6-16-31-19-23)21-8-12-24(13-9-21)35-17-4-3-5-18-36-25-14-10-22(11-15-25)28(30)33-34/h6-16,19-20,34H,3-5,17-18H2,1-2H3,(H2,30,33). The van der Waals surface area contributed by atoms with Crippen molar-refractivity contribution in [2.75, 3.05) is 13.2 Å². The molecule has 0 saturated carbocycles. The first-order valence-corrected chi connectivity index (χ1v) is 13.2. The molecule has 37 heavy (non-hydrogen) atoms. The number of oxime groups is 1. The van der Waals surface area contributed by atoms with Crippen LogP contribution in [-0.4, -0.2) is 34.2 Å². The topological polar surface area (TPSA) is 103 Å². The third-order valence-electron chi connectivity index (χ3n) is 5.80. The van der Waals surface area contributed by atoms with Crippen LogP contribution in [0.4, 0.5) is 0 Å². The van der Waals surface area contributed by atoms with Crippen molar-refractivity contribution in [1.82, 2.24) is 9.97 Å². The summed E-state index contributed by atoms with van der Waals surface area (Å²) >= 11 is 1.73. The highest BCUT2D eigenvalue weighted by Gasteiger charge is 2.17. The molecule has 4 rings (SSSR count). The molecule has 0 aliphatic rings. The van der Waals surface area contributed by atoms with Gasteiger partial charge >= 0.3 is 0 Å². The van der Waals surface area contributed by atoms with Crippen LogP contribution >= 0.6 is 11.3 Å². The number of aromatic nitrogens is 2. The molecule has 4 aromatic rings. The first-order valence-electron chi connectivity index (χ1n) is 12.4. The molecule has 0 aliphatic carbocycles. The van der Waals surface area contributed by atoms with Gasteiger partial charge in [0.15, 0.2) is 5.84 Å². The molecular formula is C29H32N4O3S. The number of benzene rings is 2. The Morgan fingerprint density at radius 2 is 1.57 bits per heavy atom. The summed E-state index contributed by atoms with van der Waals surface area (Å²) in [6, 6.07) is 19.4. The van der Waals surface area contributed by atoms with E-state index in [0.717, 1.165) is 52.6 Å². The van der Waals surface area contributed by atoms with Crippen LogP contribution in [0.25, 0.3) is 21.8 Å². The van der Waals surface area contributed by atoms with Gasteiger partial charge < -0.3 is 20.4 Å². The number of unbranched alkanes of at least 4 members (excludes halogenated alkanes) is 2. The lowest BCUT2D eigenvalue weighted by Gasteiger charge is -2.09. The molecule has 2 heterocycles. The van der Waals surface area contributed by atoms with Gasteiger partial charge in [-0.3, -0.25) is 4.98 Å². The van der Waals surface area contributed by atoms with Crippen molar-refractivity contribution >= 4 is 17.2 Å². The number of pyridine rings is 1. The van der Waals surface area contributed by atoms with Crippen molar-refractivity contribution in [2.24, 2.45) is 10.9 Å². The third-order valence-corrected chi connectivity index (χ3v) is 7.20. The van der Waals surface area contributed by atoms with Gasteiger partial charge in [-0.05, 0) is 85.8 Å². The summed E-state index contributed by atoms with van der Waals surface area (Å²) in [6.45, 7) is 5.69. The minimum atomic E-state index is 0.0830. The molecule has 0 spiro atoms. The number of nitrogens with two attached hydrogens (primary N) is 1. The summed E-state index contributed by atoms with van der Waals surface area (Å²) in [7, 11) is 0. The van der Waals surface area contributed by atoms with Crippen LogP contribution in [0.3, 0.4) is 0 Å². The molecule has 0 radical (unpaired) electrons. The van der Waals surface area contributed by atoms with E-state index < -0.39 is 0 Å². The fourth-order valence-electron chi connectivity index (χ4n) is 3.79. The Balaban J connectivity index is 1.22. The van der Waals surface area contributed by atoms with Gasteiger partial charge in [0, 0.05) is 34.0 Å². The van der Waals surface area contributed by atoms with Gasteiger partial charge in [0.1, 0.15) is 16.5 Å². The van der Waals surface area contributed by atoms with E-state index in [2.05, 4.69) is 36.1 Å². The third kappa shape index (κ3) is 7.07. The average molecular weight is 517 g/mol. The maximum Gasteiger partial charge on any atom is 0.170 e. The van der Waals surface area contributed by atoms with E-state index in [1.54, 1.807) is 29.7 Å². The van der Waals surface area contributed by atoms with Gasteiger partial charge in [0.2, 0.25) is 0 Å². The zero-order valence-electron chi connectivity index (χ0n) is 21.1. The molecule has 7 nitrogen and oxygen atoms in total. The van der Waals surface area contributed by atoms with Crippen LogP contribution in [0.2, 0.25) is 0 Å². The molecule has 0 amide bonds. The highest BCUT2D eigenvalue weighted by molar-refractivity contribution is 7.15. The fourth-order valence-corrected chi connectivity index (χ4v) is 4.87. The summed E-state index contributed by atoms with van der Waals surface area (Å²) in [5.41, 5.74) is 9.40. The van der Waals surface area contributed by atoms with Gasteiger partial charge in [0.05, 0.1) is 18.9 Å². The zero-order chi connectivity index (χ0) is 26.0. The Kier molecular flexibility index (Phi) is 9.10. The maximum absolute atomic E-state index is 8.72. The van der Waals surface area contributed by atoms with Gasteiger partial charge in [0.25, 0.3) is 0 Å². The van der Waals surface area contributed by atoms with Crippen molar-refractivity contribution in [3.8, 4) is 33.3 Å². The van der Waals surface area contributed by atoms with Crippen LogP contribution in [0.1, 0.15) is 49.5 Å². The lowest BCUT2D eigenvalue weighted by atomic mass is 10.1. The molecule has 0 fully saturated rings. The van der Waals surface area contributed by atoms with Crippen molar-refractivity contribution in [2.45, 2.75) is 39.0 Å². The fraction of sp³-hybridized carbons (Fsp3) is 0.276. The van der Waals surface area contributed by atoms with Crippen molar-refractivity contribution < 1.29 is 14.7 Å². The molecule has 0 saturated heterocycles. The van der Waals surface area contributed by atoms with Crippen LogP contribution in [0, 0.1) is 0 Å². The van der Waals surface area contributed by atoms with Crippen LogP contribution in [0.5, 0.6) is 11.5 Å². The molecule has 0 atom stereocenters. The Bertz CT molecular complexity index is 1290. The normalized spacial score (nSPS) is 11.6. The summed E-state index contributed by atoms with van der Waals surface area (Å²) in [4.78, 5) is 10.5. The van der Waals surface area contributed by atoms with E-state index >= 15 is 0 Å². The van der Waals surface area contributed by atoms with Crippen molar-refractivity contribution in [1.29, 1.82) is 0 Å². The molecule has 3 N–H and O–H groups in total.